The molecule has 0 unspecified atom stereocenters. The molecule has 3 aromatic rings. The summed E-state index contributed by atoms with van der Waals surface area (Å²) in [6, 6.07) is 16.2. The molecule has 1 aliphatic rings. The van der Waals surface area contributed by atoms with E-state index >= 15 is 0 Å². The van der Waals surface area contributed by atoms with Gasteiger partial charge in [0, 0.05) is 45.0 Å². The van der Waals surface area contributed by atoms with E-state index in [4.69, 9.17) is 21.1 Å². The number of benzene rings is 2. The zero-order valence-corrected chi connectivity index (χ0v) is 20.7. The van der Waals surface area contributed by atoms with Crippen molar-refractivity contribution in [1.29, 1.82) is 0 Å². The van der Waals surface area contributed by atoms with Crippen LogP contribution >= 0.6 is 11.6 Å². The third-order valence-corrected chi connectivity index (χ3v) is 6.04. The molecule has 2 aromatic carbocycles. The van der Waals surface area contributed by atoms with E-state index in [1.807, 2.05) is 26.0 Å². The molecule has 0 bridgehead atoms. The lowest BCUT2D eigenvalue weighted by molar-refractivity contribution is 0.0378. The van der Waals surface area contributed by atoms with Crippen LogP contribution in [0.3, 0.4) is 0 Å². The van der Waals surface area contributed by atoms with Crippen LogP contribution in [0, 0.1) is 5.82 Å². The first-order valence-corrected chi connectivity index (χ1v) is 12.1. The molecule has 1 aromatic heterocycles. The summed E-state index contributed by atoms with van der Waals surface area (Å²) in [6.07, 6.45) is 1.54. The zero-order valence-electron chi connectivity index (χ0n) is 19.9. The molecule has 0 atom stereocenters. The highest BCUT2D eigenvalue weighted by Gasteiger charge is 2.23. The molecule has 2 heterocycles. The number of rotatable bonds is 8. The van der Waals surface area contributed by atoms with E-state index in [1.165, 1.54) is 17.7 Å². The van der Waals surface area contributed by atoms with Crippen molar-refractivity contribution >= 4 is 23.4 Å². The molecule has 0 saturated carbocycles. The van der Waals surface area contributed by atoms with Gasteiger partial charge in [-0.15, -0.1) is 0 Å². The third kappa shape index (κ3) is 6.71. The Bertz CT molecular complexity index is 1150. The molecule has 0 amide bonds. The summed E-state index contributed by atoms with van der Waals surface area (Å²) < 4.78 is 24.4. The molecular weight excluding hydrogens is 469 g/mol. The van der Waals surface area contributed by atoms with Crippen LogP contribution in [0.5, 0.6) is 5.75 Å². The zero-order chi connectivity index (χ0) is 24.8. The van der Waals surface area contributed by atoms with Gasteiger partial charge in [0.05, 0.1) is 11.1 Å². The highest BCUT2D eigenvalue weighted by atomic mass is 35.5. The Hall–Kier alpha value is -3.16. The second-order valence-electron chi connectivity index (χ2n) is 8.77. The molecule has 1 saturated heterocycles. The van der Waals surface area contributed by atoms with E-state index in [9.17, 15) is 9.18 Å². The van der Waals surface area contributed by atoms with Crippen LogP contribution in [0.15, 0.2) is 60.8 Å². The highest BCUT2D eigenvalue weighted by Crippen LogP contribution is 2.23. The summed E-state index contributed by atoms with van der Waals surface area (Å²) in [7, 11) is 0. The maximum absolute atomic E-state index is 13.3. The number of aromatic nitrogens is 1. The predicted octanol–water partition coefficient (Wildman–Crippen LogP) is 5.34. The molecule has 1 aliphatic heterocycles. The van der Waals surface area contributed by atoms with E-state index in [-0.39, 0.29) is 17.1 Å². The van der Waals surface area contributed by atoms with Gasteiger partial charge in [0.15, 0.2) is 0 Å². The monoisotopic (exact) mass is 497 g/mol. The lowest BCUT2D eigenvalue weighted by Crippen LogP contribution is -2.46. The van der Waals surface area contributed by atoms with Gasteiger partial charge in [0.1, 0.15) is 29.6 Å². The SMILES string of the molecule is CC(C)OC(=O)c1cccnc1N1CCN(Cc2ccc(COc3ccc(F)c(Cl)c3)cc2)CC1. The quantitative estimate of drug-likeness (QED) is 0.391. The summed E-state index contributed by atoms with van der Waals surface area (Å²) in [4.78, 5) is 21.5. The number of carbonyl (C=O) groups excluding carboxylic acids is 1. The first-order chi connectivity index (χ1) is 16.9. The van der Waals surface area contributed by atoms with Gasteiger partial charge in [-0.05, 0) is 49.2 Å². The molecule has 184 valence electrons. The van der Waals surface area contributed by atoms with Crippen molar-refractivity contribution in [2.75, 3.05) is 31.1 Å². The van der Waals surface area contributed by atoms with Crippen molar-refractivity contribution in [3.8, 4) is 5.75 Å². The Kier molecular flexibility index (Phi) is 8.21. The number of nitrogens with zero attached hydrogens (tertiary/aromatic N) is 3. The van der Waals surface area contributed by atoms with Gasteiger partial charge in [-0.3, -0.25) is 4.90 Å². The minimum absolute atomic E-state index is 0.0488. The Morgan fingerprint density at radius 1 is 1.06 bits per heavy atom. The molecule has 4 rings (SSSR count). The normalized spacial score (nSPS) is 14.3. The lowest BCUT2D eigenvalue weighted by atomic mass is 10.1. The fourth-order valence-corrected chi connectivity index (χ4v) is 4.11. The number of hydrogen-bond donors (Lipinski definition) is 0. The number of esters is 1. The van der Waals surface area contributed by atoms with E-state index in [1.54, 1.807) is 24.4 Å². The molecule has 6 nitrogen and oxygen atoms in total. The summed E-state index contributed by atoms with van der Waals surface area (Å²) in [6.45, 7) is 8.20. The minimum atomic E-state index is -0.460. The van der Waals surface area contributed by atoms with Crippen molar-refractivity contribution in [3.63, 3.8) is 0 Å². The number of ether oxygens (including phenoxy) is 2. The number of piperazine rings is 1. The van der Waals surface area contributed by atoms with E-state index in [0.29, 0.717) is 23.7 Å². The second-order valence-corrected chi connectivity index (χ2v) is 9.18. The molecule has 35 heavy (non-hydrogen) atoms. The van der Waals surface area contributed by atoms with Gasteiger partial charge in [0.2, 0.25) is 0 Å². The maximum Gasteiger partial charge on any atom is 0.342 e. The molecule has 8 heteroatoms. The van der Waals surface area contributed by atoms with E-state index < -0.39 is 5.82 Å². The number of hydrogen-bond acceptors (Lipinski definition) is 6. The summed E-state index contributed by atoms with van der Waals surface area (Å²) in [5.74, 6) is 0.423. The smallest absolute Gasteiger partial charge is 0.342 e. The fraction of sp³-hybridized carbons (Fsp3) is 0.333. The van der Waals surface area contributed by atoms with Crippen LogP contribution in [0.25, 0.3) is 0 Å². The number of pyridine rings is 1. The van der Waals surface area contributed by atoms with Crippen LogP contribution in [0.1, 0.15) is 35.3 Å². The Morgan fingerprint density at radius 3 is 2.46 bits per heavy atom. The third-order valence-electron chi connectivity index (χ3n) is 5.75. The number of halogens is 2. The second kappa shape index (κ2) is 11.5. The minimum Gasteiger partial charge on any atom is -0.489 e. The van der Waals surface area contributed by atoms with Crippen LogP contribution in [0.2, 0.25) is 5.02 Å². The summed E-state index contributed by atoms with van der Waals surface area (Å²) in [5.41, 5.74) is 2.75. The van der Waals surface area contributed by atoms with Crippen LogP contribution < -0.4 is 9.64 Å². The Labute approximate surface area is 210 Å². The average molecular weight is 498 g/mol. The summed E-state index contributed by atoms with van der Waals surface area (Å²) in [5, 5.41) is 0.0488. The van der Waals surface area contributed by atoms with Gasteiger partial charge in [0.25, 0.3) is 0 Å². The van der Waals surface area contributed by atoms with Crippen LogP contribution in [0.4, 0.5) is 10.2 Å². The first-order valence-electron chi connectivity index (χ1n) is 11.7. The fourth-order valence-electron chi connectivity index (χ4n) is 3.94. The van der Waals surface area contributed by atoms with Crippen molar-refractivity contribution in [2.45, 2.75) is 33.1 Å². The van der Waals surface area contributed by atoms with Crippen LogP contribution in [-0.2, 0) is 17.9 Å². The van der Waals surface area contributed by atoms with Gasteiger partial charge in [-0.2, -0.15) is 0 Å². The van der Waals surface area contributed by atoms with Gasteiger partial charge in [-0.25, -0.2) is 14.2 Å². The summed E-state index contributed by atoms with van der Waals surface area (Å²) >= 11 is 5.81. The Balaban J connectivity index is 1.28. The molecule has 0 aliphatic carbocycles. The highest BCUT2D eigenvalue weighted by molar-refractivity contribution is 6.30. The van der Waals surface area contributed by atoms with Crippen molar-refractivity contribution in [2.24, 2.45) is 0 Å². The topological polar surface area (TPSA) is 54.9 Å². The molecule has 0 N–H and O–H groups in total. The van der Waals surface area contributed by atoms with Gasteiger partial charge in [-0.1, -0.05) is 35.9 Å². The van der Waals surface area contributed by atoms with Gasteiger partial charge < -0.3 is 14.4 Å². The molecule has 0 radical (unpaired) electrons. The number of carbonyl (C=O) groups is 1. The molecular formula is C27H29ClFN3O3. The van der Waals surface area contributed by atoms with E-state index in [2.05, 4.69) is 26.9 Å². The van der Waals surface area contributed by atoms with Crippen LogP contribution in [-0.4, -0.2) is 48.1 Å². The largest absolute Gasteiger partial charge is 0.489 e. The van der Waals surface area contributed by atoms with E-state index in [0.717, 1.165) is 38.3 Å². The maximum atomic E-state index is 13.3. The average Bonchev–Trinajstić information content (AvgIpc) is 2.86. The predicted molar refractivity (Wildman–Crippen MR) is 134 cm³/mol. The first kappa shape index (κ1) is 24.9. The molecule has 0 spiro atoms. The lowest BCUT2D eigenvalue weighted by Gasteiger charge is -2.36. The molecule has 1 fully saturated rings. The Morgan fingerprint density at radius 2 is 1.77 bits per heavy atom. The number of anilines is 1. The van der Waals surface area contributed by atoms with Crippen molar-refractivity contribution < 1.29 is 18.7 Å². The standard InChI is InChI=1S/C27H29ClFN3O3/c1-19(2)35-27(33)23-4-3-11-30-26(23)32-14-12-31(13-15-32)17-20-5-7-21(8-6-20)18-34-22-9-10-25(29)24(28)16-22/h3-11,16,19H,12-15,17-18H2,1-2H3. The van der Waals surface area contributed by atoms with Crippen molar-refractivity contribution in [1.82, 2.24) is 9.88 Å². The van der Waals surface area contributed by atoms with Crippen molar-refractivity contribution in [3.05, 3.63) is 88.3 Å². The van der Waals surface area contributed by atoms with Gasteiger partial charge >= 0.3 is 5.97 Å².